The van der Waals surface area contributed by atoms with Gasteiger partial charge in [0.2, 0.25) is 5.91 Å². The highest BCUT2D eigenvalue weighted by molar-refractivity contribution is 9.10. The number of nitrogens with one attached hydrogen (secondary N) is 1. The van der Waals surface area contributed by atoms with E-state index in [-0.39, 0.29) is 23.7 Å². The van der Waals surface area contributed by atoms with E-state index in [9.17, 15) is 14.0 Å². The Hall–Kier alpha value is -4.11. The van der Waals surface area contributed by atoms with E-state index in [0.29, 0.717) is 16.7 Å². The molecule has 0 saturated carbocycles. The monoisotopic (exact) mass is 587 g/mol. The second kappa shape index (κ2) is 10.2. The van der Waals surface area contributed by atoms with Crippen LogP contribution in [0, 0.1) is 12.7 Å². The number of anilines is 1. The zero-order valence-electron chi connectivity index (χ0n) is 22.0. The molecule has 0 aliphatic carbocycles. The largest absolute Gasteiger partial charge is 0.335 e. The number of carbonyl (C=O) groups excluding carboxylic acids is 1. The molecule has 0 aliphatic heterocycles. The highest BCUT2D eigenvalue weighted by Gasteiger charge is 2.23. The zero-order chi connectivity index (χ0) is 27.9. The van der Waals surface area contributed by atoms with E-state index in [1.165, 1.54) is 16.8 Å². The lowest BCUT2D eigenvalue weighted by Gasteiger charge is -2.20. The zero-order valence-corrected chi connectivity index (χ0v) is 23.6. The molecule has 0 atom stereocenters. The molecule has 5 aromatic rings. The molecule has 7 nitrogen and oxygen atoms in total. The van der Waals surface area contributed by atoms with Gasteiger partial charge in [-0.1, -0.05) is 67.0 Å². The number of para-hydroxylation sites is 2. The van der Waals surface area contributed by atoms with Gasteiger partial charge in [0.05, 0.1) is 22.8 Å². The molecule has 39 heavy (non-hydrogen) atoms. The van der Waals surface area contributed by atoms with E-state index in [1.807, 2.05) is 68.7 Å². The smallest absolute Gasteiger partial charge is 0.282 e. The van der Waals surface area contributed by atoms with Crippen molar-refractivity contribution in [2.75, 3.05) is 5.32 Å². The molecule has 0 saturated heterocycles. The summed E-state index contributed by atoms with van der Waals surface area (Å²) in [6.45, 7) is 7.82. The van der Waals surface area contributed by atoms with Crippen LogP contribution in [-0.4, -0.2) is 26.3 Å². The predicted octanol–water partition coefficient (Wildman–Crippen LogP) is 6.38. The van der Waals surface area contributed by atoms with Crippen molar-refractivity contribution in [3.8, 4) is 0 Å². The molecule has 0 unspecified atom stereocenters. The molecular formula is C30H27BrFN5O2. The van der Waals surface area contributed by atoms with Crippen LogP contribution in [0.3, 0.4) is 0 Å². The minimum absolute atomic E-state index is 0.0206. The van der Waals surface area contributed by atoms with Gasteiger partial charge in [-0.3, -0.25) is 9.59 Å². The van der Waals surface area contributed by atoms with Gasteiger partial charge < -0.3 is 9.88 Å². The Labute approximate surface area is 233 Å². The molecule has 1 amide bonds. The summed E-state index contributed by atoms with van der Waals surface area (Å²) in [4.78, 5) is 31.2. The van der Waals surface area contributed by atoms with Crippen LogP contribution in [0.1, 0.15) is 37.9 Å². The van der Waals surface area contributed by atoms with Crippen molar-refractivity contribution < 1.29 is 9.18 Å². The lowest BCUT2D eigenvalue weighted by atomic mass is 9.95. The number of aromatic nitrogens is 3. The maximum atomic E-state index is 14.1. The Bertz CT molecular complexity index is 1830. The third kappa shape index (κ3) is 5.14. The van der Waals surface area contributed by atoms with Crippen LogP contribution in [0.15, 0.2) is 81.1 Å². The molecule has 0 aliphatic rings. The maximum absolute atomic E-state index is 14.1. The first-order chi connectivity index (χ1) is 18.5. The number of hydrogen-bond acceptors (Lipinski definition) is 4. The van der Waals surface area contributed by atoms with E-state index >= 15 is 0 Å². The Morgan fingerprint density at radius 2 is 1.79 bits per heavy atom. The van der Waals surface area contributed by atoms with E-state index in [1.54, 1.807) is 24.4 Å². The van der Waals surface area contributed by atoms with Gasteiger partial charge in [0.1, 0.15) is 18.2 Å². The first kappa shape index (κ1) is 26.5. The summed E-state index contributed by atoms with van der Waals surface area (Å²) < 4.78 is 18.1. The lowest BCUT2D eigenvalue weighted by Crippen LogP contribution is -2.29. The fraction of sp³-hybridized carbons (Fsp3) is 0.200. The number of hydrogen-bond donors (Lipinski definition) is 1. The Kier molecular flexibility index (Phi) is 6.94. The number of halogens is 2. The topological polar surface area (TPSA) is 81.3 Å². The highest BCUT2D eigenvalue weighted by atomic mass is 79.9. The van der Waals surface area contributed by atoms with Gasteiger partial charge in [-0.05, 0) is 43.3 Å². The maximum Gasteiger partial charge on any atom is 0.282 e. The molecule has 9 heteroatoms. The first-order valence-electron chi connectivity index (χ1n) is 12.4. The normalized spacial score (nSPS) is 12.1. The van der Waals surface area contributed by atoms with Crippen LogP contribution in [0.4, 0.5) is 10.1 Å². The second-order valence-electron chi connectivity index (χ2n) is 10.3. The molecule has 2 heterocycles. The van der Waals surface area contributed by atoms with Crippen LogP contribution < -0.4 is 10.9 Å². The summed E-state index contributed by atoms with van der Waals surface area (Å²) in [5, 5.41) is 8.62. The van der Waals surface area contributed by atoms with Crippen molar-refractivity contribution >= 4 is 55.5 Å². The van der Waals surface area contributed by atoms with E-state index in [2.05, 4.69) is 26.3 Å². The Balaban J connectivity index is 1.59. The average Bonchev–Trinajstić information content (AvgIpc) is 3.15. The number of rotatable bonds is 5. The SMILES string of the molecule is Cc1c(C=Nn2c(C(C)(C)C)nc3ccc(Br)cc3c2=O)c2ccccc2n1CC(=O)Nc1ccccc1F. The summed E-state index contributed by atoms with van der Waals surface area (Å²) in [5.74, 6) is -0.323. The number of amides is 1. The second-order valence-corrected chi connectivity index (χ2v) is 11.3. The Morgan fingerprint density at radius 1 is 1.08 bits per heavy atom. The third-order valence-corrected chi connectivity index (χ3v) is 7.00. The molecule has 0 spiro atoms. The fourth-order valence-electron chi connectivity index (χ4n) is 4.58. The van der Waals surface area contributed by atoms with Crippen LogP contribution in [-0.2, 0) is 16.8 Å². The molecule has 0 radical (unpaired) electrons. The van der Waals surface area contributed by atoms with Crippen molar-refractivity contribution in [1.29, 1.82) is 0 Å². The van der Waals surface area contributed by atoms with Gasteiger partial charge in [0.25, 0.3) is 5.56 Å². The molecular weight excluding hydrogens is 561 g/mol. The van der Waals surface area contributed by atoms with Crippen molar-refractivity contribution in [3.05, 3.63) is 104 Å². The molecule has 2 aromatic heterocycles. The van der Waals surface area contributed by atoms with Gasteiger partial charge in [0, 0.05) is 32.0 Å². The molecule has 5 rings (SSSR count). The van der Waals surface area contributed by atoms with Crippen LogP contribution in [0.5, 0.6) is 0 Å². The van der Waals surface area contributed by atoms with Crippen molar-refractivity contribution in [2.45, 2.75) is 39.7 Å². The summed E-state index contributed by atoms with van der Waals surface area (Å²) in [6.07, 6.45) is 1.64. The minimum Gasteiger partial charge on any atom is -0.335 e. The molecule has 198 valence electrons. The van der Waals surface area contributed by atoms with E-state index < -0.39 is 11.2 Å². The predicted molar refractivity (Wildman–Crippen MR) is 157 cm³/mol. The fourth-order valence-corrected chi connectivity index (χ4v) is 4.94. The van der Waals surface area contributed by atoms with Crippen molar-refractivity contribution in [3.63, 3.8) is 0 Å². The van der Waals surface area contributed by atoms with Gasteiger partial charge in [-0.25, -0.2) is 9.37 Å². The molecule has 1 N–H and O–H groups in total. The number of carbonyl (C=O) groups is 1. The summed E-state index contributed by atoms with van der Waals surface area (Å²) in [6, 6.07) is 19.1. The first-order valence-corrected chi connectivity index (χ1v) is 13.2. The highest BCUT2D eigenvalue weighted by Crippen LogP contribution is 2.26. The lowest BCUT2D eigenvalue weighted by molar-refractivity contribution is -0.116. The van der Waals surface area contributed by atoms with Gasteiger partial charge in [-0.2, -0.15) is 9.78 Å². The van der Waals surface area contributed by atoms with Gasteiger partial charge in [0.15, 0.2) is 0 Å². The summed E-state index contributed by atoms with van der Waals surface area (Å²) >= 11 is 3.44. The summed E-state index contributed by atoms with van der Waals surface area (Å²) in [7, 11) is 0. The van der Waals surface area contributed by atoms with Crippen molar-refractivity contribution in [2.24, 2.45) is 5.10 Å². The molecule has 3 aromatic carbocycles. The quantitative estimate of drug-likeness (QED) is 0.242. The number of nitrogens with zero attached hydrogens (tertiary/aromatic N) is 4. The van der Waals surface area contributed by atoms with E-state index in [0.717, 1.165) is 26.6 Å². The number of benzene rings is 3. The van der Waals surface area contributed by atoms with Crippen molar-refractivity contribution in [1.82, 2.24) is 14.2 Å². The van der Waals surface area contributed by atoms with E-state index in [4.69, 9.17) is 4.98 Å². The van der Waals surface area contributed by atoms with Crippen LogP contribution >= 0.6 is 15.9 Å². The van der Waals surface area contributed by atoms with Gasteiger partial charge >= 0.3 is 0 Å². The summed E-state index contributed by atoms with van der Waals surface area (Å²) in [5.41, 5.74) is 2.38. The number of fused-ring (bicyclic) bond motifs is 2. The average molecular weight is 588 g/mol. The van der Waals surface area contributed by atoms with Gasteiger partial charge in [-0.15, -0.1) is 0 Å². The van der Waals surface area contributed by atoms with Crippen LogP contribution in [0.25, 0.3) is 21.8 Å². The minimum atomic E-state index is -0.496. The third-order valence-electron chi connectivity index (χ3n) is 6.51. The van der Waals surface area contributed by atoms with Crippen LogP contribution in [0.2, 0.25) is 0 Å². The Morgan fingerprint density at radius 3 is 2.54 bits per heavy atom. The molecule has 0 fully saturated rings. The molecule has 0 bridgehead atoms. The standard InChI is InChI=1S/C30H27BrFN5O2/c1-18-22(16-33-37-28(39)21-15-19(31)13-14-24(21)35-29(37)30(2,3)4)20-9-5-8-12-26(20)36(18)17-27(38)34-25-11-7-6-10-23(25)32/h5-16H,17H2,1-4H3,(H,34,38).